The number of hydrogen-bond acceptors (Lipinski definition) is 6. The van der Waals surface area contributed by atoms with Crippen molar-refractivity contribution in [3.05, 3.63) is 35.9 Å². The normalized spacial score (nSPS) is 11.6. The molecule has 8 nitrogen and oxygen atoms in total. The summed E-state index contributed by atoms with van der Waals surface area (Å²) < 4.78 is 9.95. The number of carboxylic acids is 1. The van der Waals surface area contributed by atoms with Crippen molar-refractivity contribution in [1.82, 2.24) is 10.6 Å². The Bertz CT molecular complexity index is 564. The number of hydrogen-bond donors (Lipinski definition) is 3. The number of esters is 1. The van der Waals surface area contributed by atoms with E-state index in [0.29, 0.717) is 19.8 Å². The molecule has 0 radical (unpaired) electrons. The summed E-state index contributed by atoms with van der Waals surface area (Å²) in [5.41, 5.74) is 0.968. The third-order valence-electron chi connectivity index (χ3n) is 3.46. The molecule has 0 fully saturated rings. The van der Waals surface area contributed by atoms with Crippen molar-refractivity contribution in [2.75, 3.05) is 26.4 Å². The van der Waals surface area contributed by atoms with Gasteiger partial charge in [-0.2, -0.15) is 0 Å². The Hall–Kier alpha value is -2.45. The van der Waals surface area contributed by atoms with Gasteiger partial charge in [0.25, 0.3) is 0 Å². The number of amides is 1. The van der Waals surface area contributed by atoms with Crippen molar-refractivity contribution in [2.24, 2.45) is 0 Å². The highest BCUT2D eigenvalue weighted by atomic mass is 16.6. The summed E-state index contributed by atoms with van der Waals surface area (Å²) in [7, 11) is 0. The Morgan fingerprint density at radius 2 is 1.88 bits per heavy atom. The second-order valence-electron chi connectivity index (χ2n) is 5.49. The quantitative estimate of drug-likeness (QED) is 0.348. The molecular formula is C18H26N2O6. The summed E-state index contributed by atoms with van der Waals surface area (Å²) in [6.07, 6.45) is -0.0356. The number of carbonyl (C=O) groups is 3. The average Bonchev–Trinajstić information content (AvgIpc) is 2.64. The minimum atomic E-state index is -0.986. The lowest BCUT2D eigenvalue weighted by atomic mass is 10.1. The van der Waals surface area contributed by atoms with Gasteiger partial charge in [0.15, 0.2) is 0 Å². The van der Waals surface area contributed by atoms with Gasteiger partial charge in [0.1, 0.15) is 13.2 Å². The molecule has 144 valence electrons. The maximum atomic E-state index is 12.3. The van der Waals surface area contributed by atoms with Gasteiger partial charge in [-0.25, -0.2) is 0 Å². The van der Waals surface area contributed by atoms with E-state index in [1.54, 1.807) is 0 Å². The molecule has 0 saturated carbocycles. The second kappa shape index (κ2) is 12.8. The summed E-state index contributed by atoms with van der Waals surface area (Å²) in [6.45, 7) is 2.93. The van der Waals surface area contributed by atoms with Crippen LogP contribution in [0.15, 0.2) is 30.3 Å². The maximum absolute atomic E-state index is 12.3. The second-order valence-corrected chi connectivity index (χ2v) is 5.49. The summed E-state index contributed by atoms with van der Waals surface area (Å²) in [6, 6.07) is 8.71. The van der Waals surface area contributed by atoms with Crippen molar-refractivity contribution in [3.63, 3.8) is 0 Å². The molecule has 1 atom stereocenters. The van der Waals surface area contributed by atoms with Crippen LogP contribution in [-0.4, -0.2) is 55.4 Å². The topological polar surface area (TPSA) is 114 Å². The van der Waals surface area contributed by atoms with Crippen molar-refractivity contribution >= 4 is 17.8 Å². The molecule has 3 N–H and O–H groups in total. The largest absolute Gasteiger partial charge is 0.481 e. The van der Waals surface area contributed by atoms with E-state index in [4.69, 9.17) is 14.6 Å². The van der Waals surface area contributed by atoms with E-state index in [-0.39, 0.29) is 26.0 Å². The highest BCUT2D eigenvalue weighted by molar-refractivity contribution is 5.86. The fourth-order valence-corrected chi connectivity index (χ4v) is 2.12. The third kappa shape index (κ3) is 9.75. The lowest BCUT2D eigenvalue weighted by Gasteiger charge is -2.17. The molecule has 0 aliphatic rings. The van der Waals surface area contributed by atoms with Crippen LogP contribution in [0, 0.1) is 0 Å². The minimum absolute atomic E-state index is 0.118. The smallest absolute Gasteiger partial charge is 0.325 e. The number of aliphatic carboxylic acids is 1. The van der Waals surface area contributed by atoms with Crippen LogP contribution < -0.4 is 10.6 Å². The molecule has 1 aromatic carbocycles. The predicted octanol–water partition coefficient (Wildman–Crippen LogP) is 0.706. The van der Waals surface area contributed by atoms with Gasteiger partial charge in [0.05, 0.1) is 12.6 Å². The average molecular weight is 366 g/mol. The van der Waals surface area contributed by atoms with E-state index in [1.165, 1.54) is 0 Å². The van der Waals surface area contributed by atoms with Gasteiger partial charge in [0, 0.05) is 19.6 Å². The van der Waals surface area contributed by atoms with Gasteiger partial charge >= 0.3 is 11.9 Å². The molecule has 0 aliphatic heterocycles. The SMILES string of the molecule is CCOCCOC(=O)CNC(=O)C(CCC(=O)O)NCc1ccccc1. The molecule has 0 bridgehead atoms. The number of carboxylic acid groups (broad SMARTS) is 1. The summed E-state index contributed by atoms with van der Waals surface area (Å²) in [5, 5.41) is 14.3. The fourth-order valence-electron chi connectivity index (χ4n) is 2.12. The van der Waals surface area contributed by atoms with E-state index in [0.717, 1.165) is 5.56 Å². The minimum Gasteiger partial charge on any atom is -0.481 e. The van der Waals surface area contributed by atoms with Crippen molar-refractivity contribution < 1.29 is 29.0 Å². The highest BCUT2D eigenvalue weighted by Gasteiger charge is 2.20. The Kier molecular flexibility index (Phi) is 10.7. The standard InChI is InChI=1S/C18H26N2O6/c1-2-25-10-11-26-17(23)13-20-18(24)15(8-9-16(21)22)19-12-14-6-4-3-5-7-14/h3-7,15,19H,2,8-13H2,1H3,(H,20,24)(H,21,22). The number of nitrogens with one attached hydrogen (secondary N) is 2. The molecule has 26 heavy (non-hydrogen) atoms. The molecule has 0 saturated heterocycles. The molecule has 0 spiro atoms. The summed E-state index contributed by atoms with van der Waals surface area (Å²) >= 11 is 0. The molecule has 1 amide bonds. The van der Waals surface area contributed by atoms with Gasteiger partial charge in [-0.15, -0.1) is 0 Å². The summed E-state index contributed by atoms with van der Waals surface area (Å²) in [4.78, 5) is 34.6. The number of ether oxygens (including phenoxy) is 2. The Morgan fingerprint density at radius 1 is 1.15 bits per heavy atom. The monoisotopic (exact) mass is 366 g/mol. The highest BCUT2D eigenvalue weighted by Crippen LogP contribution is 2.03. The van der Waals surface area contributed by atoms with Gasteiger partial charge in [0.2, 0.25) is 5.91 Å². The predicted molar refractivity (Wildman–Crippen MR) is 94.4 cm³/mol. The van der Waals surface area contributed by atoms with E-state index < -0.39 is 23.9 Å². The van der Waals surface area contributed by atoms with Gasteiger partial charge in [-0.05, 0) is 18.9 Å². The van der Waals surface area contributed by atoms with E-state index in [1.807, 2.05) is 37.3 Å². The van der Waals surface area contributed by atoms with E-state index >= 15 is 0 Å². The fraction of sp³-hybridized carbons (Fsp3) is 0.500. The van der Waals surface area contributed by atoms with E-state index in [9.17, 15) is 14.4 Å². The van der Waals surface area contributed by atoms with Gasteiger partial charge in [-0.3, -0.25) is 14.4 Å². The van der Waals surface area contributed by atoms with Crippen LogP contribution in [0.2, 0.25) is 0 Å². The molecule has 0 heterocycles. The van der Waals surface area contributed by atoms with Crippen molar-refractivity contribution in [1.29, 1.82) is 0 Å². The zero-order valence-electron chi connectivity index (χ0n) is 14.9. The first-order valence-electron chi connectivity index (χ1n) is 8.53. The van der Waals surface area contributed by atoms with Gasteiger partial charge < -0.3 is 25.2 Å². The zero-order chi connectivity index (χ0) is 19.2. The van der Waals surface area contributed by atoms with Crippen LogP contribution >= 0.6 is 0 Å². The number of rotatable bonds is 13. The first-order chi connectivity index (χ1) is 12.5. The van der Waals surface area contributed by atoms with Crippen LogP contribution in [0.1, 0.15) is 25.3 Å². The molecule has 1 unspecified atom stereocenters. The molecule has 1 aromatic rings. The Labute approximate surface area is 152 Å². The van der Waals surface area contributed by atoms with Gasteiger partial charge in [-0.1, -0.05) is 30.3 Å². The third-order valence-corrected chi connectivity index (χ3v) is 3.46. The van der Waals surface area contributed by atoms with Crippen LogP contribution in [0.3, 0.4) is 0 Å². The zero-order valence-corrected chi connectivity index (χ0v) is 14.9. The first-order valence-corrected chi connectivity index (χ1v) is 8.53. The number of carbonyl (C=O) groups excluding carboxylic acids is 2. The van der Waals surface area contributed by atoms with Crippen LogP contribution in [0.4, 0.5) is 0 Å². The van der Waals surface area contributed by atoms with E-state index in [2.05, 4.69) is 10.6 Å². The van der Waals surface area contributed by atoms with Crippen LogP contribution in [0.5, 0.6) is 0 Å². The lowest BCUT2D eigenvalue weighted by molar-refractivity contribution is -0.145. The first kappa shape index (κ1) is 21.6. The lowest BCUT2D eigenvalue weighted by Crippen LogP contribution is -2.46. The van der Waals surface area contributed by atoms with Crippen molar-refractivity contribution in [2.45, 2.75) is 32.4 Å². The molecule has 0 aliphatic carbocycles. The number of benzene rings is 1. The molecular weight excluding hydrogens is 340 g/mol. The molecule has 8 heteroatoms. The maximum Gasteiger partial charge on any atom is 0.325 e. The van der Waals surface area contributed by atoms with Crippen molar-refractivity contribution in [3.8, 4) is 0 Å². The Balaban J connectivity index is 2.44. The Morgan fingerprint density at radius 3 is 2.54 bits per heavy atom. The van der Waals surface area contributed by atoms with Crippen LogP contribution in [0.25, 0.3) is 0 Å². The van der Waals surface area contributed by atoms with Crippen LogP contribution in [-0.2, 0) is 30.4 Å². The molecule has 0 aromatic heterocycles. The summed E-state index contributed by atoms with van der Waals surface area (Å²) in [5.74, 6) is -2.00. The molecule has 1 rings (SSSR count).